The van der Waals surface area contributed by atoms with Gasteiger partial charge in [0.2, 0.25) is 0 Å². The van der Waals surface area contributed by atoms with Crippen LogP contribution in [-0.2, 0) is 6.54 Å². The maximum atomic E-state index is 4.29. The van der Waals surface area contributed by atoms with E-state index in [-0.39, 0.29) is 0 Å². The minimum absolute atomic E-state index is 0.934. The van der Waals surface area contributed by atoms with Crippen molar-refractivity contribution < 1.29 is 0 Å². The summed E-state index contributed by atoms with van der Waals surface area (Å²) in [5.41, 5.74) is 2.23. The first-order valence-electron chi connectivity index (χ1n) is 5.12. The molecule has 15 heavy (non-hydrogen) atoms. The molecule has 0 amide bonds. The molecule has 0 aliphatic carbocycles. The molecule has 2 heterocycles. The first kappa shape index (κ1) is 9.90. The molecule has 0 aromatic carbocycles. The van der Waals surface area contributed by atoms with Crippen molar-refractivity contribution in [1.29, 1.82) is 0 Å². The first-order valence-corrected chi connectivity index (χ1v) is 5.12. The molecular weight excluding hydrogens is 186 g/mol. The molecule has 1 radical (unpaired) electrons. The van der Waals surface area contributed by atoms with Crippen LogP contribution in [0.3, 0.4) is 0 Å². The summed E-state index contributed by atoms with van der Waals surface area (Å²) in [7, 11) is 0. The summed E-state index contributed by atoms with van der Waals surface area (Å²) < 4.78 is 1.95. The van der Waals surface area contributed by atoms with E-state index in [0.717, 1.165) is 30.5 Å². The molecule has 3 nitrogen and oxygen atoms in total. The van der Waals surface area contributed by atoms with Gasteiger partial charge in [-0.05, 0) is 12.5 Å². The summed E-state index contributed by atoms with van der Waals surface area (Å²) in [6, 6.07) is 3.97. The smallest absolute Gasteiger partial charge is 0.0568 e. The molecular formula is C12H14N3. The lowest BCUT2D eigenvalue weighted by Gasteiger charge is -1.97. The Morgan fingerprint density at radius 1 is 1.27 bits per heavy atom. The van der Waals surface area contributed by atoms with E-state index in [1.165, 1.54) is 0 Å². The van der Waals surface area contributed by atoms with E-state index >= 15 is 0 Å². The molecule has 2 aromatic rings. The standard InChI is InChI=1S/C12H14N3/c1-2-3-7-15-10-12(9-14-15)11-5-4-6-13-8-11/h4-6,8-10H,1-3,7H2. The van der Waals surface area contributed by atoms with E-state index in [0.29, 0.717) is 0 Å². The Labute approximate surface area is 89.8 Å². The average Bonchev–Trinajstić information content (AvgIpc) is 2.76. The Hall–Kier alpha value is -1.64. The van der Waals surface area contributed by atoms with Crippen molar-refractivity contribution in [1.82, 2.24) is 14.8 Å². The molecule has 0 fully saturated rings. The van der Waals surface area contributed by atoms with Gasteiger partial charge in [0.25, 0.3) is 0 Å². The van der Waals surface area contributed by atoms with E-state index in [9.17, 15) is 0 Å². The van der Waals surface area contributed by atoms with E-state index in [2.05, 4.69) is 17.0 Å². The van der Waals surface area contributed by atoms with Crippen LogP contribution in [0.25, 0.3) is 11.1 Å². The quantitative estimate of drug-likeness (QED) is 0.759. The third-order valence-electron chi connectivity index (χ3n) is 2.27. The van der Waals surface area contributed by atoms with Gasteiger partial charge in [-0.3, -0.25) is 9.67 Å². The number of aryl methyl sites for hydroxylation is 1. The number of hydrogen-bond donors (Lipinski definition) is 0. The van der Waals surface area contributed by atoms with Crippen molar-refractivity contribution in [3.63, 3.8) is 0 Å². The monoisotopic (exact) mass is 200 g/mol. The van der Waals surface area contributed by atoms with E-state index in [1.807, 2.05) is 35.4 Å². The summed E-state index contributed by atoms with van der Waals surface area (Å²) >= 11 is 0. The Bertz CT molecular complexity index is 406. The number of rotatable bonds is 4. The lowest BCUT2D eigenvalue weighted by Crippen LogP contribution is -1.96. The lowest BCUT2D eigenvalue weighted by atomic mass is 10.2. The predicted octanol–water partition coefficient (Wildman–Crippen LogP) is 2.56. The van der Waals surface area contributed by atoms with Gasteiger partial charge in [0, 0.05) is 36.3 Å². The van der Waals surface area contributed by atoms with Gasteiger partial charge >= 0.3 is 0 Å². The van der Waals surface area contributed by atoms with Crippen LogP contribution >= 0.6 is 0 Å². The third-order valence-corrected chi connectivity index (χ3v) is 2.27. The predicted molar refractivity (Wildman–Crippen MR) is 60.0 cm³/mol. The van der Waals surface area contributed by atoms with Crippen molar-refractivity contribution in [3.05, 3.63) is 43.8 Å². The summed E-state index contributed by atoms with van der Waals surface area (Å²) in [6.07, 6.45) is 9.56. The Morgan fingerprint density at radius 2 is 2.20 bits per heavy atom. The third kappa shape index (κ3) is 2.43. The normalized spacial score (nSPS) is 10.5. The van der Waals surface area contributed by atoms with Crippen LogP contribution in [0, 0.1) is 6.92 Å². The number of nitrogens with zero attached hydrogens (tertiary/aromatic N) is 3. The van der Waals surface area contributed by atoms with Crippen LogP contribution in [0.15, 0.2) is 36.9 Å². The summed E-state index contributed by atoms with van der Waals surface area (Å²) in [6.45, 7) is 4.75. The number of aromatic nitrogens is 3. The van der Waals surface area contributed by atoms with Gasteiger partial charge < -0.3 is 0 Å². The second-order valence-corrected chi connectivity index (χ2v) is 3.44. The molecule has 0 unspecified atom stereocenters. The molecule has 0 saturated heterocycles. The zero-order chi connectivity index (χ0) is 10.5. The molecule has 0 atom stereocenters. The van der Waals surface area contributed by atoms with Gasteiger partial charge in [-0.2, -0.15) is 5.10 Å². The summed E-state index contributed by atoms with van der Waals surface area (Å²) in [5, 5.41) is 4.29. The van der Waals surface area contributed by atoms with Crippen LogP contribution < -0.4 is 0 Å². The largest absolute Gasteiger partial charge is 0.272 e. The van der Waals surface area contributed by atoms with Crippen LogP contribution in [0.4, 0.5) is 0 Å². The van der Waals surface area contributed by atoms with Gasteiger partial charge in [-0.25, -0.2) is 0 Å². The van der Waals surface area contributed by atoms with Gasteiger partial charge in [0.05, 0.1) is 6.20 Å². The molecule has 3 heteroatoms. The van der Waals surface area contributed by atoms with Crippen LogP contribution in [0.1, 0.15) is 12.8 Å². The Morgan fingerprint density at radius 3 is 2.93 bits per heavy atom. The molecule has 0 aliphatic heterocycles. The number of unbranched alkanes of at least 4 members (excludes halogenated alkanes) is 1. The van der Waals surface area contributed by atoms with Crippen molar-refractivity contribution in [2.24, 2.45) is 0 Å². The van der Waals surface area contributed by atoms with Gasteiger partial charge in [0.15, 0.2) is 0 Å². The van der Waals surface area contributed by atoms with Gasteiger partial charge in [0.1, 0.15) is 0 Å². The van der Waals surface area contributed by atoms with Crippen molar-refractivity contribution in [2.45, 2.75) is 19.4 Å². The molecule has 0 spiro atoms. The number of pyridine rings is 1. The maximum absolute atomic E-state index is 4.29. The maximum Gasteiger partial charge on any atom is 0.0568 e. The minimum Gasteiger partial charge on any atom is -0.272 e. The van der Waals surface area contributed by atoms with Crippen LogP contribution in [0.2, 0.25) is 0 Å². The molecule has 0 aliphatic rings. The van der Waals surface area contributed by atoms with Crippen molar-refractivity contribution in [2.75, 3.05) is 0 Å². The second kappa shape index (κ2) is 4.73. The van der Waals surface area contributed by atoms with Gasteiger partial charge in [-0.1, -0.05) is 19.4 Å². The average molecular weight is 200 g/mol. The molecule has 2 aromatic heterocycles. The Balaban J connectivity index is 2.14. The summed E-state index contributed by atoms with van der Waals surface area (Å²) in [5.74, 6) is 0. The highest BCUT2D eigenvalue weighted by atomic mass is 15.3. The zero-order valence-electron chi connectivity index (χ0n) is 8.63. The molecule has 0 bridgehead atoms. The second-order valence-electron chi connectivity index (χ2n) is 3.44. The zero-order valence-corrected chi connectivity index (χ0v) is 8.63. The van der Waals surface area contributed by atoms with Crippen molar-refractivity contribution in [3.8, 4) is 11.1 Å². The highest BCUT2D eigenvalue weighted by Gasteiger charge is 2.00. The van der Waals surface area contributed by atoms with Gasteiger partial charge in [-0.15, -0.1) is 0 Å². The Kier molecular flexibility index (Phi) is 3.12. The highest BCUT2D eigenvalue weighted by Crippen LogP contribution is 2.16. The fourth-order valence-electron chi connectivity index (χ4n) is 1.44. The number of hydrogen-bond acceptors (Lipinski definition) is 2. The molecule has 0 N–H and O–H groups in total. The van der Waals surface area contributed by atoms with E-state index in [1.54, 1.807) is 6.20 Å². The molecule has 77 valence electrons. The summed E-state index contributed by atoms with van der Waals surface area (Å²) in [4.78, 5) is 4.09. The van der Waals surface area contributed by atoms with Crippen LogP contribution in [-0.4, -0.2) is 14.8 Å². The van der Waals surface area contributed by atoms with E-state index < -0.39 is 0 Å². The fraction of sp³-hybridized carbons (Fsp3) is 0.250. The van der Waals surface area contributed by atoms with Crippen molar-refractivity contribution >= 4 is 0 Å². The highest BCUT2D eigenvalue weighted by molar-refractivity contribution is 5.60. The van der Waals surface area contributed by atoms with Crippen LogP contribution in [0.5, 0.6) is 0 Å². The fourth-order valence-corrected chi connectivity index (χ4v) is 1.44. The SMILES string of the molecule is [CH2]CCCn1cc(-c2cccnc2)cn1. The molecule has 2 rings (SSSR count). The topological polar surface area (TPSA) is 30.7 Å². The minimum atomic E-state index is 0.934. The lowest BCUT2D eigenvalue weighted by molar-refractivity contribution is 0.583. The van der Waals surface area contributed by atoms with E-state index in [4.69, 9.17) is 0 Å². The molecule has 0 saturated carbocycles. The first-order chi connectivity index (χ1) is 7.40.